The van der Waals surface area contributed by atoms with E-state index in [1.165, 1.54) is 7.11 Å². The van der Waals surface area contributed by atoms with Crippen molar-refractivity contribution in [3.63, 3.8) is 0 Å². The number of likely N-dealkylation sites (tertiary alicyclic amines) is 1. The van der Waals surface area contributed by atoms with Gasteiger partial charge in [-0.15, -0.1) is 0 Å². The summed E-state index contributed by atoms with van der Waals surface area (Å²) < 4.78 is 28.5. The van der Waals surface area contributed by atoms with Crippen LogP contribution in [-0.2, 0) is 20.3 Å². The molecule has 0 aliphatic carbocycles. The maximum absolute atomic E-state index is 12.2. The van der Waals surface area contributed by atoms with Crippen molar-refractivity contribution in [2.45, 2.75) is 18.6 Å². The number of hydrogen-bond acceptors (Lipinski definition) is 4. The van der Waals surface area contributed by atoms with E-state index in [2.05, 4.69) is 0 Å². The van der Waals surface area contributed by atoms with E-state index in [-0.39, 0.29) is 24.0 Å². The second kappa shape index (κ2) is 7.04. The quantitative estimate of drug-likeness (QED) is 0.798. The van der Waals surface area contributed by atoms with Crippen molar-refractivity contribution in [1.29, 1.82) is 0 Å². The number of benzene rings is 1. The van der Waals surface area contributed by atoms with Gasteiger partial charge in [-0.25, -0.2) is 8.42 Å². The molecule has 21 heavy (non-hydrogen) atoms. The molecule has 0 bridgehead atoms. The zero-order chi connectivity index (χ0) is 15.3. The Kier molecular flexibility index (Phi) is 5.36. The largest absolute Gasteiger partial charge is 0.384 e. The molecule has 0 aromatic heterocycles. The van der Waals surface area contributed by atoms with E-state index in [1.54, 1.807) is 24.3 Å². The van der Waals surface area contributed by atoms with Crippen molar-refractivity contribution >= 4 is 15.7 Å². The Morgan fingerprint density at radius 1 is 1.19 bits per heavy atom. The first-order valence-electron chi connectivity index (χ1n) is 7.09. The minimum absolute atomic E-state index is 0.0119. The van der Waals surface area contributed by atoms with Crippen molar-refractivity contribution in [2.24, 2.45) is 0 Å². The van der Waals surface area contributed by atoms with Crippen LogP contribution in [0.2, 0.25) is 0 Å². The summed E-state index contributed by atoms with van der Waals surface area (Å²) in [6.07, 6.45) is 2.11. The Balaban J connectivity index is 2.00. The number of ether oxygens (including phenoxy) is 1. The van der Waals surface area contributed by atoms with Crippen molar-refractivity contribution in [1.82, 2.24) is 4.90 Å². The highest BCUT2D eigenvalue weighted by molar-refractivity contribution is 7.90. The van der Waals surface area contributed by atoms with Crippen LogP contribution in [0.15, 0.2) is 24.3 Å². The first-order chi connectivity index (χ1) is 10.0. The zero-order valence-corrected chi connectivity index (χ0v) is 13.1. The maximum Gasteiger partial charge on any atom is 0.253 e. The van der Waals surface area contributed by atoms with E-state index in [1.807, 2.05) is 4.90 Å². The van der Waals surface area contributed by atoms with E-state index in [4.69, 9.17) is 4.74 Å². The molecule has 0 atom stereocenters. The van der Waals surface area contributed by atoms with Gasteiger partial charge in [0.25, 0.3) is 5.91 Å². The summed E-state index contributed by atoms with van der Waals surface area (Å²) in [7, 11) is -1.69. The molecule has 1 amide bonds. The standard InChI is InChI=1S/C15H21NO4S/c1-20-10-11-21(18,19)12-13-4-6-14(7-5-13)15(17)16-8-2-3-9-16/h4-7H,2-3,8-12H2,1H3. The lowest BCUT2D eigenvalue weighted by Gasteiger charge is -2.15. The zero-order valence-electron chi connectivity index (χ0n) is 12.2. The molecule has 116 valence electrons. The van der Waals surface area contributed by atoms with Crippen LogP contribution in [0.25, 0.3) is 0 Å². The van der Waals surface area contributed by atoms with Gasteiger partial charge >= 0.3 is 0 Å². The van der Waals surface area contributed by atoms with Crippen LogP contribution in [0.3, 0.4) is 0 Å². The second-order valence-corrected chi connectivity index (χ2v) is 7.47. The number of methoxy groups -OCH3 is 1. The lowest BCUT2D eigenvalue weighted by Crippen LogP contribution is -2.27. The number of carbonyl (C=O) groups excluding carboxylic acids is 1. The summed E-state index contributed by atoms with van der Waals surface area (Å²) in [4.78, 5) is 14.0. The molecule has 0 radical (unpaired) electrons. The van der Waals surface area contributed by atoms with Crippen molar-refractivity contribution in [3.8, 4) is 0 Å². The molecule has 1 aromatic rings. The number of hydrogen-bond donors (Lipinski definition) is 0. The molecule has 1 aliphatic heterocycles. The molecular weight excluding hydrogens is 290 g/mol. The van der Waals surface area contributed by atoms with Crippen LogP contribution in [-0.4, -0.2) is 51.8 Å². The average Bonchev–Trinajstić information content (AvgIpc) is 2.99. The number of carbonyl (C=O) groups is 1. The van der Waals surface area contributed by atoms with Gasteiger partial charge in [0.1, 0.15) is 0 Å². The van der Waals surface area contributed by atoms with Crippen molar-refractivity contribution in [2.75, 3.05) is 32.6 Å². The molecule has 5 nitrogen and oxygen atoms in total. The molecule has 1 fully saturated rings. The molecule has 1 saturated heterocycles. The lowest BCUT2D eigenvalue weighted by atomic mass is 10.1. The Bertz CT molecular complexity index is 574. The summed E-state index contributed by atoms with van der Waals surface area (Å²) in [5.74, 6) is 0.0215. The summed E-state index contributed by atoms with van der Waals surface area (Å²) >= 11 is 0. The first kappa shape index (κ1) is 16.0. The van der Waals surface area contributed by atoms with Gasteiger partial charge < -0.3 is 9.64 Å². The third-order valence-corrected chi connectivity index (χ3v) is 5.14. The third kappa shape index (κ3) is 4.54. The average molecular weight is 311 g/mol. The fourth-order valence-corrected chi connectivity index (χ4v) is 3.65. The monoisotopic (exact) mass is 311 g/mol. The van der Waals surface area contributed by atoms with Gasteiger partial charge in [-0.05, 0) is 30.5 Å². The number of nitrogens with zero attached hydrogens (tertiary/aromatic N) is 1. The number of rotatable bonds is 6. The van der Waals surface area contributed by atoms with Gasteiger partial charge in [0.05, 0.1) is 18.1 Å². The van der Waals surface area contributed by atoms with Crippen LogP contribution in [0, 0.1) is 0 Å². The number of sulfone groups is 1. The summed E-state index contributed by atoms with van der Waals surface area (Å²) in [6, 6.07) is 6.85. The van der Waals surface area contributed by atoms with Crippen LogP contribution >= 0.6 is 0 Å². The summed E-state index contributed by atoms with van der Waals surface area (Å²) in [6.45, 7) is 1.83. The van der Waals surface area contributed by atoms with Crippen LogP contribution < -0.4 is 0 Å². The number of amides is 1. The van der Waals surface area contributed by atoms with E-state index in [0.29, 0.717) is 11.1 Å². The van der Waals surface area contributed by atoms with Gasteiger partial charge in [-0.3, -0.25) is 4.79 Å². The minimum Gasteiger partial charge on any atom is -0.384 e. The van der Waals surface area contributed by atoms with Gasteiger partial charge in [-0.2, -0.15) is 0 Å². The van der Waals surface area contributed by atoms with Crippen LogP contribution in [0.1, 0.15) is 28.8 Å². The van der Waals surface area contributed by atoms with E-state index in [0.717, 1.165) is 25.9 Å². The van der Waals surface area contributed by atoms with Crippen molar-refractivity contribution in [3.05, 3.63) is 35.4 Å². The highest BCUT2D eigenvalue weighted by Gasteiger charge is 2.19. The Labute approximate surface area is 125 Å². The normalized spacial score (nSPS) is 15.4. The van der Waals surface area contributed by atoms with Crippen molar-refractivity contribution < 1.29 is 17.9 Å². The molecule has 0 saturated carbocycles. The van der Waals surface area contributed by atoms with Gasteiger partial charge in [-0.1, -0.05) is 12.1 Å². The van der Waals surface area contributed by atoms with Gasteiger partial charge in [0.2, 0.25) is 0 Å². The smallest absolute Gasteiger partial charge is 0.253 e. The first-order valence-corrected chi connectivity index (χ1v) is 8.91. The fourth-order valence-electron chi connectivity index (χ4n) is 2.38. The molecule has 0 spiro atoms. The van der Waals surface area contributed by atoms with E-state index >= 15 is 0 Å². The predicted octanol–water partition coefficient (Wildman–Crippen LogP) is 1.48. The van der Waals surface area contributed by atoms with Crippen LogP contribution in [0.5, 0.6) is 0 Å². The molecule has 1 aliphatic rings. The molecule has 1 heterocycles. The summed E-state index contributed by atoms with van der Waals surface area (Å²) in [5.41, 5.74) is 1.32. The fraction of sp³-hybridized carbons (Fsp3) is 0.533. The molecule has 0 unspecified atom stereocenters. The SMILES string of the molecule is COCCS(=O)(=O)Cc1ccc(C(=O)N2CCCC2)cc1. The topological polar surface area (TPSA) is 63.7 Å². The Morgan fingerprint density at radius 2 is 1.81 bits per heavy atom. The minimum atomic E-state index is -3.17. The van der Waals surface area contributed by atoms with Gasteiger partial charge in [0.15, 0.2) is 9.84 Å². The molecule has 1 aromatic carbocycles. The van der Waals surface area contributed by atoms with E-state index in [9.17, 15) is 13.2 Å². The lowest BCUT2D eigenvalue weighted by molar-refractivity contribution is 0.0793. The Morgan fingerprint density at radius 3 is 2.38 bits per heavy atom. The summed E-state index contributed by atoms with van der Waals surface area (Å²) in [5, 5.41) is 0. The van der Waals surface area contributed by atoms with E-state index < -0.39 is 9.84 Å². The highest BCUT2D eigenvalue weighted by atomic mass is 32.2. The third-order valence-electron chi connectivity index (χ3n) is 3.58. The molecule has 0 N–H and O–H groups in total. The van der Waals surface area contributed by atoms with Crippen LogP contribution in [0.4, 0.5) is 0 Å². The second-order valence-electron chi connectivity index (χ2n) is 5.28. The molecule has 2 rings (SSSR count). The van der Waals surface area contributed by atoms with Gasteiger partial charge in [0, 0.05) is 25.8 Å². The molecular formula is C15H21NO4S. The highest BCUT2D eigenvalue weighted by Crippen LogP contribution is 2.14. The maximum atomic E-state index is 12.2. The molecule has 6 heteroatoms. The predicted molar refractivity (Wildman–Crippen MR) is 80.9 cm³/mol. The Hall–Kier alpha value is -1.40.